The van der Waals surface area contributed by atoms with Crippen LogP contribution in [0.3, 0.4) is 0 Å². The van der Waals surface area contributed by atoms with Crippen LogP contribution >= 0.6 is 0 Å². The van der Waals surface area contributed by atoms with Crippen LogP contribution in [0.25, 0.3) is 0 Å². The Morgan fingerprint density at radius 3 is 2.03 bits per heavy atom. The van der Waals surface area contributed by atoms with Crippen LogP contribution in [0.15, 0.2) is 35.2 Å². The van der Waals surface area contributed by atoms with Gasteiger partial charge in [-0.05, 0) is 276 Å². The van der Waals surface area contributed by atoms with Gasteiger partial charge in [0.15, 0.2) is 0 Å². The van der Waals surface area contributed by atoms with Crippen LogP contribution in [-0.2, 0) is 10.0 Å². The largest absolute Gasteiger partial charge is 0.393 e. The molecular formula is C65H110N2O6SSi. The number of sulfonamides is 1. The second kappa shape index (κ2) is 23.6. The summed E-state index contributed by atoms with van der Waals surface area (Å²) in [6, 6.07) is 8.93. The zero-order chi connectivity index (χ0) is 53.0. The Morgan fingerprint density at radius 1 is 0.653 bits per heavy atom. The van der Waals surface area contributed by atoms with E-state index in [0.717, 1.165) is 99.3 Å². The molecule has 8 nitrogen and oxygen atoms in total. The highest BCUT2D eigenvalue weighted by Gasteiger charge is 2.66. The molecule has 75 heavy (non-hydrogen) atoms. The van der Waals surface area contributed by atoms with Crippen molar-refractivity contribution in [1.29, 1.82) is 0 Å². The number of aliphatic hydroxyl groups excluding tert-OH is 4. The smallest absolute Gasteiger partial charge is 0.240 e. The first-order chi connectivity index (χ1) is 35.9. The Morgan fingerprint density at radius 2 is 1.31 bits per heavy atom. The van der Waals surface area contributed by atoms with E-state index in [9.17, 15) is 28.8 Å². The van der Waals surface area contributed by atoms with Gasteiger partial charge in [-0.1, -0.05) is 92.3 Å². The van der Waals surface area contributed by atoms with Crippen LogP contribution < -0.4 is 9.70 Å². The molecule has 0 amide bonds. The van der Waals surface area contributed by atoms with Crippen molar-refractivity contribution < 1.29 is 28.8 Å². The van der Waals surface area contributed by atoms with Gasteiger partial charge in [-0.25, -0.2) is 13.1 Å². The van der Waals surface area contributed by atoms with Gasteiger partial charge in [0.05, 0.1) is 39.0 Å². The summed E-state index contributed by atoms with van der Waals surface area (Å²) >= 11 is 0. The summed E-state index contributed by atoms with van der Waals surface area (Å²) in [6.07, 6.45) is 28.0. The van der Waals surface area contributed by atoms with E-state index in [1.54, 1.807) is 12.1 Å². The second-order valence-corrected chi connectivity index (χ2v) is 34.1. The molecule has 2 bridgehead atoms. The van der Waals surface area contributed by atoms with Crippen molar-refractivity contribution in [2.75, 3.05) is 13.1 Å². The van der Waals surface area contributed by atoms with E-state index in [1.165, 1.54) is 103 Å². The molecule has 0 saturated heterocycles. The summed E-state index contributed by atoms with van der Waals surface area (Å²) in [5, 5.41) is 46.5. The number of benzene rings is 1. The van der Waals surface area contributed by atoms with E-state index in [4.69, 9.17) is 0 Å². The van der Waals surface area contributed by atoms with Gasteiger partial charge in [0.25, 0.3) is 0 Å². The standard InChI is InChI=1S/C65H110N2O6SSi/c1-8-50-57-39-48(69)28-31-65(57,7)56-29-32-64(6)53(25-26-55(64)61(56)62(50)71)51(18-13-33-66-74(72,73)49-16-10-9-11-17-49)45-35-43-23-24-44(36-45)60(43)52(19-14-34-67-75-40(2)3)42-15-12-20-54-59(41(4)21-22-42)58(70)38-46-37-47(68)27-30-63(46,54)5/h9-11,16-17,40-48,50-62,66-71H,8,12-15,18-39,75H2,1-7H3/t41?,42?,43?,44?,45?,46?,47-,48-,50-,51+,52-,53?,54?,55?,56?,57?,58-,59+,60?,61+,62-,63?,64?,65?/m1/s1. The van der Waals surface area contributed by atoms with Gasteiger partial charge < -0.3 is 25.4 Å². The Bertz CT molecular complexity index is 2120. The first-order valence-corrected chi connectivity index (χ1v) is 35.4. The third-order valence-electron chi connectivity index (χ3n) is 25.9. The van der Waals surface area contributed by atoms with Crippen molar-refractivity contribution in [2.45, 2.75) is 244 Å². The van der Waals surface area contributed by atoms with Gasteiger partial charge in [0, 0.05) is 6.54 Å². The average Bonchev–Trinajstić information content (AvgIpc) is 3.91. The van der Waals surface area contributed by atoms with Crippen LogP contribution in [0.1, 0.15) is 209 Å². The molecule has 10 heteroatoms. The number of hydrogen-bond acceptors (Lipinski definition) is 7. The van der Waals surface area contributed by atoms with E-state index in [2.05, 4.69) is 58.2 Å². The van der Waals surface area contributed by atoms with Gasteiger partial charge in [-0.2, -0.15) is 0 Å². The normalized spacial score (nSPS) is 46.9. The first kappa shape index (κ1) is 57.4. The molecule has 13 unspecified atom stereocenters. The maximum Gasteiger partial charge on any atom is 0.240 e. The lowest BCUT2D eigenvalue weighted by molar-refractivity contribution is -0.204. The summed E-state index contributed by atoms with van der Waals surface area (Å²) in [5.41, 5.74) is 1.38. The van der Waals surface area contributed by atoms with Crippen molar-refractivity contribution >= 4 is 19.7 Å². The monoisotopic (exact) mass is 1070 g/mol. The number of hydrogen-bond donors (Lipinski definition) is 6. The second-order valence-electron chi connectivity index (χ2n) is 29.8. The topological polar surface area (TPSA) is 139 Å². The van der Waals surface area contributed by atoms with Crippen molar-refractivity contribution in [3.63, 3.8) is 0 Å². The minimum atomic E-state index is -3.58. The van der Waals surface area contributed by atoms with E-state index in [0.29, 0.717) is 76.5 Å². The van der Waals surface area contributed by atoms with Crippen molar-refractivity contribution in [1.82, 2.24) is 9.70 Å². The number of fused-ring (bicyclic) bond motifs is 10. The molecule has 0 heterocycles. The summed E-state index contributed by atoms with van der Waals surface area (Å²) in [6.45, 7) is 19.0. The summed E-state index contributed by atoms with van der Waals surface area (Å²) < 4.78 is 30.2. The van der Waals surface area contributed by atoms with E-state index in [-0.39, 0.29) is 56.3 Å². The third-order valence-corrected chi connectivity index (χ3v) is 28.9. The Labute approximate surface area is 460 Å². The van der Waals surface area contributed by atoms with Crippen LogP contribution in [0.5, 0.6) is 0 Å². The van der Waals surface area contributed by atoms with Crippen molar-refractivity contribution in [3.05, 3.63) is 30.3 Å². The molecule has 22 atom stereocenters. The lowest BCUT2D eigenvalue weighted by Crippen LogP contribution is -2.62. The minimum absolute atomic E-state index is 0.171. The highest BCUT2D eigenvalue weighted by atomic mass is 32.2. The van der Waals surface area contributed by atoms with E-state index in [1.807, 2.05) is 18.2 Å². The van der Waals surface area contributed by atoms with Crippen molar-refractivity contribution in [3.8, 4) is 0 Å². The molecule has 9 saturated carbocycles. The Balaban J connectivity index is 0.902. The molecule has 1 aromatic carbocycles. The SMILES string of the molecule is CC[C@@H]1C2C[C@H](O)CCC2(C)C2CCC3(C)C([C@@H](CCCNS(=O)(=O)c4ccccc4)C4CC5CCC(C4)C5[C@H](CCCN[SiH2]C(C)C)C4CCCC5[C@H](C(C)CC4)[C@H](O)CC4C[C@H](O)CCC45C)CCC3[C@@H]2[C@@H]1O. The van der Waals surface area contributed by atoms with Crippen LogP contribution in [0.2, 0.25) is 5.54 Å². The molecule has 9 fully saturated rings. The van der Waals surface area contributed by atoms with Crippen LogP contribution in [0, 0.1) is 117 Å². The number of nitrogens with one attached hydrogen (secondary N) is 2. The quantitative estimate of drug-likeness (QED) is 0.0675. The lowest BCUT2D eigenvalue weighted by Gasteiger charge is -2.65. The van der Waals surface area contributed by atoms with Crippen molar-refractivity contribution in [2.24, 2.45) is 117 Å². The van der Waals surface area contributed by atoms with Crippen LogP contribution in [0.4, 0.5) is 0 Å². The summed E-state index contributed by atoms with van der Waals surface area (Å²) in [4.78, 5) is 4.34. The van der Waals surface area contributed by atoms with E-state index >= 15 is 0 Å². The fraction of sp³-hybridized carbons (Fsp3) is 0.908. The third kappa shape index (κ3) is 11.2. The first-order valence-electron chi connectivity index (χ1n) is 32.4. The fourth-order valence-electron chi connectivity index (χ4n) is 22.5. The van der Waals surface area contributed by atoms with Gasteiger partial charge in [-0.15, -0.1) is 0 Å². The maximum absolute atomic E-state index is 13.6. The highest BCUT2D eigenvalue weighted by Crippen LogP contribution is 2.71. The maximum atomic E-state index is 13.6. The number of aliphatic hydroxyl groups is 4. The summed E-state index contributed by atoms with van der Waals surface area (Å²) in [5.74, 6) is 9.59. The summed E-state index contributed by atoms with van der Waals surface area (Å²) in [7, 11) is -3.83. The van der Waals surface area contributed by atoms with Gasteiger partial charge in [-0.3, -0.25) is 0 Å². The molecule has 9 aliphatic carbocycles. The fourth-order valence-corrected chi connectivity index (χ4v) is 24.6. The molecule has 0 spiro atoms. The number of rotatable bonds is 17. The molecule has 1 aromatic rings. The zero-order valence-electron chi connectivity index (χ0n) is 48.4. The molecule has 6 N–H and O–H groups in total. The molecule has 0 aliphatic heterocycles. The predicted octanol–water partition coefficient (Wildman–Crippen LogP) is 12.3. The molecule has 0 radical (unpaired) electrons. The highest BCUT2D eigenvalue weighted by molar-refractivity contribution is 7.89. The van der Waals surface area contributed by atoms with Gasteiger partial charge in [0.1, 0.15) is 0 Å². The Kier molecular flexibility index (Phi) is 18.0. The molecule has 426 valence electrons. The molecule has 9 aliphatic rings. The predicted molar refractivity (Wildman–Crippen MR) is 308 cm³/mol. The van der Waals surface area contributed by atoms with E-state index < -0.39 is 10.0 Å². The molecule has 0 aromatic heterocycles. The molecule has 10 rings (SSSR count). The average molecular weight is 1080 g/mol. The minimum Gasteiger partial charge on any atom is -0.393 e. The van der Waals surface area contributed by atoms with Gasteiger partial charge in [0.2, 0.25) is 10.0 Å². The lowest BCUT2D eigenvalue weighted by atomic mass is 9.41. The molecular weight excluding hydrogens is 965 g/mol. The Hall–Kier alpha value is -0.853. The van der Waals surface area contributed by atoms with Gasteiger partial charge >= 0.3 is 0 Å². The van der Waals surface area contributed by atoms with Crippen LogP contribution in [-0.4, -0.2) is 76.0 Å². The zero-order valence-corrected chi connectivity index (χ0v) is 50.6.